The van der Waals surface area contributed by atoms with Gasteiger partial charge in [0.05, 0.1) is 11.1 Å². The molecule has 0 aliphatic carbocycles. The molecule has 0 radical (unpaired) electrons. The number of imidazole rings is 1. The number of H-pyrrole nitrogens is 1. The summed E-state index contributed by atoms with van der Waals surface area (Å²) < 4.78 is 0. The molecule has 22 heavy (non-hydrogen) atoms. The zero-order valence-corrected chi connectivity index (χ0v) is 14.0. The summed E-state index contributed by atoms with van der Waals surface area (Å²) in [6.45, 7) is 4.51. The molecule has 2 aromatic rings. The number of pyridine rings is 1. The molecule has 2 aromatic heterocycles. The number of aromatic amines is 1. The molecule has 0 atom stereocenters. The van der Waals surface area contributed by atoms with Gasteiger partial charge in [-0.2, -0.15) is 0 Å². The van der Waals surface area contributed by atoms with Crippen LogP contribution >= 0.6 is 0 Å². The lowest BCUT2D eigenvalue weighted by molar-refractivity contribution is 0.371. The molecular weight excluding hydrogens is 270 g/mol. The number of nitrogens with zero attached hydrogens (tertiary/aromatic N) is 2. The Morgan fingerprint density at radius 2 is 1.64 bits per heavy atom. The van der Waals surface area contributed by atoms with Gasteiger partial charge in [-0.05, 0) is 25.0 Å². The molecule has 3 heteroatoms. The second-order valence-corrected chi connectivity index (χ2v) is 6.15. The van der Waals surface area contributed by atoms with Crippen molar-refractivity contribution < 1.29 is 0 Å². The second kappa shape index (κ2) is 8.72. The van der Waals surface area contributed by atoms with Crippen LogP contribution in [0.25, 0.3) is 0 Å². The Morgan fingerprint density at radius 1 is 0.909 bits per heavy atom. The minimum Gasteiger partial charge on any atom is -0.348 e. The van der Waals surface area contributed by atoms with Crippen molar-refractivity contribution in [3.63, 3.8) is 0 Å². The summed E-state index contributed by atoms with van der Waals surface area (Å²) in [5.41, 5.74) is 1.10. The first-order valence-corrected chi connectivity index (χ1v) is 8.75. The highest BCUT2D eigenvalue weighted by Gasteiger charge is 2.36. The van der Waals surface area contributed by atoms with Crippen LogP contribution in [0.2, 0.25) is 0 Å². The van der Waals surface area contributed by atoms with Gasteiger partial charge >= 0.3 is 0 Å². The first-order valence-electron chi connectivity index (χ1n) is 8.75. The highest BCUT2D eigenvalue weighted by atomic mass is 14.9. The lowest BCUT2D eigenvalue weighted by Crippen LogP contribution is -2.30. The van der Waals surface area contributed by atoms with Crippen molar-refractivity contribution in [2.24, 2.45) is 0 Å². The van der Waals surface area contributed by atoms with Crippen LogP contribution in [0, 0.1) is 0 Å². The molecular formula is C19H29N3. The quantitative estimate of drug-likeness (QED) is 0.609. The van der Waals surface area contributed by atoms with Crippen LogP contribution in [0.3, 0.4) is 0 Å². The van der Waals surface area contributed by atoms with E-state index in [1.807, 2.05) is 24.7 Å². The van der Waals surface area contributed by atoms with Crippen LogP contribution in [-0.2, 0) is 5.41 Å². The number of unbranched alkanes of at least 4 members (excludes halogenated alkanes) is 4. The molecule has 2 rings (SSSR count). The molecule has 3 nitrogen and oxygen atoms in total. The van der Waals surface area contributed by atoms with E-state index in [4.69, 9.17) is 4.98 Å². The van der Waals surface area contributed by atoms with E-state index in [0.29, 0.717) is 0 Å². The van der Waals surface area contributed by atoms with Gasteiger partial charge in [0.15, 0.2) is 0 Å². The molecule has 2 heterocycles. The van der Waals surface area contributed by atoms with Crippen molar-refractivity contribution in [2.75, 3.05) is 0 Å². The van der Waals surface area contributed by atoms with Crippen LogP contribution in [-0.4, -0.2) is 15.0 Å². The van der Waals surface area contributed by atoms with Crippen molar-refractivity contribution in [1.82, 2.24) is 15.0 Å². The molecule has 1 N–H and O–H groups in total. The van der Waals surface area contributed by atoms with Crippen molar-refractivity contribution >= 4 is 0 Å². The molecule has 0 unspecified atom stereocenters. The summed E-state index contributed by atoms with van der Waals surface area (Å²) in [5.74, 6) is 1.08. The number of hydrogen-bond acceptors (Lipinski definition) is 2. The maximum atomic E-state index is 4.70. The summed E-state index contributed by atoms with van der Waals surface area (Å²) in [7, 11) is 0. The molecule has 120 valence electrons. The molecule has 0 saturated heterocycles. The van der Waals surface area contributed by atoms with Gasteiger partial charge in [-0.15, -0.1) is 0 Å². The average molecular weight is 299 g/mol. The van der Waals surface area contributed by atoms with E-state index in [0.717, 1.165) is 24.4 Å². The fraction of sp³-hybridized carbons (Fsp3) is 0.579. The highest BCUT2D eigenvalue weighted by Crippen LogP contribution is 2.39. The van der Waals surface area contributed by atoms with Crippen LogP contribution in [0.15, 0.2) is 36.8 Å². The minimum absolute atomic E-state index is 0.0604. The third-order valence-corrected chi connectivity index (χ3v) is 4.52. The smallest absolute Gasteiger partial charge is 0.118 e. The topological polar surface area (TPSA) is 41.6 Å². The van der Waals surface area contributed by atoms with E-state index in [-0.39, 0.29) is 5.41 Å². The van der Waals surface area contributed by atoms with Crippen molar-refractivity contribution in [2.45, 2.75) is 70.6 Å². The lowest BCUT2D eigenvalue weighted by Gasteiger charge is -2.32. The second-order valence-electron chi connectivity index (χ2n) is 6.15. The molecule has 0 spiro atoms. The number of nitrogens with one attached hydrogen (secondary N) is 1. The van der Waals surface area contributed by atoms with Crippen molar-refractivity contribution in [3.05, 3.63) is 48.3 Å². The normalized spacial score (nSPS) is 11.7. The molecule has 0 aliphatic rings. The van der Waals surface area contributed by atoms with E-state index in [1.165, 1.54) is 38.5 Å². The van der Waals surface area contributed by atoms with Crippen LogP contribution in [0.5, 0.6) is 0 Å². The summed E-state index contributed by atoms with van der Waals surface area (Å²) in [6, 6.07) is 6.26. The molecule has 0 saturated carbocycles. The SMILES string of the molecule is CCCCCC(CCCCC)(c1ccccn1)c1ncc[nH]1. The largest absolute Gasteiger partial charge is 0.348 e. The monoisotopic (exact) mass is 299 g/mol. The van der Waals surface area contributed by atoms with Gasteiger partial charge in [-0.25, -0.2) is 4.98 Å². The summed E-state index contributed by atoms with van der Waals surface area (Å²) in [5, 5.41) is 0. The van der Waals surface area contributed by atoms with Crippen LogP contribution < -0.4 is 0 Å². The van der Waals surface area contributed by atoms with Gasteiger partial charge in [0.1, 0.15) is 5.82 Å². The first kappa shape index (κ1) is 16.7. The Bertz CT molecular complexity index is 495. The predicted molar refractivity (Wildman–Crippen MR) is 91.9 cm³/mol. The zero-order chi connectivity index (χ0) is 15.7. The van der Waals surface area contributed by atoms with E-state index in [9.17, 15) is 0 Å². The van der Waals surface area contributed by atoms with E-state index >= 15 is 0 Å². The third kappa shape index (κ3) is 3.96. The number of aromatic nitrogens is 3. The molecule has 0 aromatic carbocycles. The molecule has 0 fully saturated rings. The van der Waals surface area contributed by atoms with Crippen molar-refractivity contribution in [3.8, 4) is 0 Å². The van der Waals surface area contributed by atoms with Crippen LogP contribution in [0.4, 0.5) is 0 Å². The lowest BCUT2D eigenvalue weighted by atomic mass is 9.74. The van der Waals surface area contributed by atoms with Gasteiger partial charge in [-0.1, -0.05) is 58.4 Å². The standard InChI is InChI=1S/C19H29N3/c1-3-5-8-12-19(13-9-6-4-2,18-21-15-16-22-18)17-11-7-10-14-20-17/h7,10-11,14-16H,3-6,8-9,12-13H2,1-2H3,(H,21,22). The molecule has 0 bridgehead atoms. The highest BCUT2D eigenvalue weighted by molar-refractivity contribution is 5.27. The Labute approximate surface area is 134 Å². The fourth-order valence-electron chi connectivity index (χ4n) is 3.27. The van der Waals surface area contributed by atoms with Gasteiger partial charge < -0.3 is 4.98 Å². The summed E-state index contributed by atoms with van der Waals surface area (Å²) in [6.07, 6.45) is 15.4. The predicted octanol–water partition coefficient (Wildman–Crippen LogP) is 5.25. The summed E-state index contributed by atoms with van der Waals surface area (Å²) >= 11 is 0. The van der Waals surface area contributed by atoms with E-state index < -0.39 is 0 Å². The Hall–Kier alpha value is -1.64. The summed E-state index contributed by atoms with van der Waals surface area (Å²) in [4.78, 5) is 12.7. The molecule has 0 amide bonds. The Kier molecular flexibility index (Phi) is 6.63. The van der Waals surface area contributed by atoms with Gasteiger partial charge in [0, 0.05) is 18.6 Å². The number of rotatable bonds is 10. The average Bonchev–Trinajstić information content (AvgIpc) is 3.09. The fourth-order valence-corrected chi connectivity index (χ4v) is 3.27. The third-order valence-electron chi connectivity index (χ3n) is 4.52. The first-order chi connectivity index (χ1) is 10.8. The van der Waals surface area contributed by atoms with E-state index in [1.54, 1.807) is 0 Å². The van der Waals surface area contributed by atoms with Crippen molar-refractivity contribution in [1.29, 1.82) is 0 Å². The van der Waals surface area contributed by atoms with Crippen LogP contribution in [0.1, 0.15) is 76.7 Å². The maximum absolute atomic E-state index is 4.70. The molecule has 0 aliphatic heterocycles. The Balaban J connectivity index is 2.34. The van der Waals surface area contributed by atoms with Gasteiger partial charge in [0.25, 0.3) is 0 Å². The minimum atomic E-state index is -0.0604. The van der Waals surface area contributed by atoms with Gasteiger partial charge in [-0.3, -0.25) is 4.98 Å². The zero-order valence-electron chi connectivity index (χ0n) is 14.0. The van der Waals surface area contributed by atoms with Gasteiger partial charge in [0.2, 0.25) is 0 Å². The Morgan fingerprint density at radius 3 is 2.14 bits per heavy atom. The number of hydrogen-bond donors (Lipinski definition) is 1. The van der Waals surface area contributed by atoms with E-state index in [2.05, 4.69) is 35.9 Å². The maximum Gasteiger partial charge on any atom is 0.118 e.